The second-order valence-electron chi connectivity index (χ2n) is 3.12. The van der Waals surface area contributed by atoms with Crippen LogP contribution in [0.2, 0.25) is 0 Å². The molecular formula is C11H10O3S2. The van der Waals surface area contributed by atoms with Crippen LogP contribution in [0.1, 0.15) is 23.7 Å². The van der Waals surface area contributed by atoms with E-state index >= 15 is 0 Å². The van der Waals surface area contributed by atoms with E-state index in [-0.39, 0.29) is 12.2 Å². The lowest BCUT2D eigenvalue weighted by Crippen LogP contribution is -2.05. The van der Waals surface area contributed by atoms with Crippen molar-refractivity contribution in [3.63, 3.8) is 0 Å². The summed E-state index contributed by atoms with van der Waals surface area (Å²) in [6.07, 6.45) is 0.0992. The van der Waals surface area contributed by atoms with Crippen LogP contribution < -0.4 is 4.74 Å². The summed E-state index contributed by atoms with van der Waals surface area (Å²) in [6.45, 7) is 1.30. The zero-order valence-electron chi connectivity index (χ0n) is 8.60. The number of hydrogen-bond donors (Lipinski definition) is 1. The summed E-state index contributed by atoms with van der Waals surface area (Å²) < 4.78 is 5.20. The maximum Gasteiger partial charge on any atom is 0.308 e. The van der Waals surface area contributed by atoms with Gasteiger partial charge in [-0.25, -0.2) is 0 Å². The quantitative estimate of drug-likeness (QED) is 0.295. The molecule has 0 bridgehead atoms. The van der Waals surface area contributed by atoms with Crippen LogP contribution in [0.15, 0.2) is 24.3 Å². The van der Waals surface area contributed by atoms with Crippen molar-refractivity contribution in [3.05, 3.63) is 29.8 Å². The average Bonchev–Trinajstić information content (AvgIpc) is 2.16. The first-order valence-electron chi connectivity index (χ1n) is 4.52. The summed E-state index contributed by atoms with van der Waals surface area (Å²) in [5.41, 5.74) is 0.454. The van der Waals surface area contributed by atoms with Crippen LogP contribution in [-0.4, -0.2) is 15.9 Å². The standard InChI is InChI=1S/C11H10O3S2/c1-7(12)14-9-4-2-3-8(5-9)10(13)6-11(15)16/h2-5H,6H2,1H3,(H,15,16). The van der Waals surface area contributed by atoms with Gasteiger partial charge < -0.3 is 4.74 Å². The molecule has 0 aliphatic rings. The van der Waals surface area contributed by atoms with Crippen LogP contribution in [0.25, 0.3) is 0 Å². The number of carbonyl (C=O) groups is 2. The lowest BCUT2D eigenvalue weighted by atomic mass is 10.1. The van der Waals surface area contributed by atoms with E-state index in [9.17, 15) is 9.59 Å². The average molecular weight is 254 g/mol. The number of ether oxygens (including phenoxy) is 1. The Morgan fingerprint density at radius 2 is 2.12 bits per heavy atom. The molecule has 0 N–H and O–H groups in total. The van der Waals surface area contributed by atoms with Gasteiger partial charge in [-0.2, -0.15) is 0 Å². The van der Waals surface area contributed by atoms with Gasteiger partial charge in [0, 0.05) is 12.5 Å². The lowest BCUT2D eigenvalue weighted by Gasteiger charge is -2.03. The van der Waals surface area contributed by atoms with Crippen molar-refractivity contribution < 1.29 is 14.3 Å². The Hall–Kier alpha value is -1.20. The normalized spacial score (nSPS) is 9.62. The van der Waals surface area contributed by atoms with Crippen molar-refractivity contribution >= 4 is 40.8 Å². The number of carbonyl (C=O) groups excluding carboxylic acids is 2. The largest absolute Gasteiger partial charge is 0.427 e. The third-order valence-electron chi connectivity index (χ3n) is 1.73. The van der Waals surface area contributed by atoms with Crippen molar-refractivity contribution in [1.82, 2.24) is 0 Å². The van der Waals surface area contributed by atoms with Crippen molar-refractivity contribution in [1.29, 1.82) is 0 Å². The van der Waals surface area contributed by atoms with E-state index in [1.807, 2.05) is 0 Å². The van der Waals surface area contributed by atoms with E-state index < -0.39 is 5.97 Å². The first kappa shape index (κ1) is 12.9. The molecule has 16 heavy (non-hydrogen) atoms. The molecule has 0 fully saturated rings. The summed E-state index contributed by atoms with van der Waals surface area (Å²) in [7, 11) is 0. The number of hydrogen-bond acceptors (Lipinski definition) is 4. The molecule has 84 valence electrons. The van der Waals surface area contributed by atoms with Crippen LogP contribution in [-0.2, 0) is 4.79 Å². The number of Topliss-reactive ketones (excluding diaryl/α,β-unsaturated/α-hetero) is 1. The fourth-order valence-electron chi connectivity index (χ4n) is 1.14. The maximum absolute atomic E-state index is 11.6. The molecule has 0 aromatic heterocycles. The number of rotatable bonds is 4. The highest BCUT2D eigenvalue weighted by Gasteiger charge is 2.08. The molecule has 1 rings (SSSR count). The molecule has 5 heteroatoms. The van der Waals surface area contributed by atoms with E-state index in [4.69, 9.17) is 17.0 Å². The Bertz CT molecular complexity index is 441. The second-order valence-corrected chi connectivity index (χ2v) is 4.45. The highest BCUT2D eigenvalue weighted by molar-refractivity contribution is 8.11. The van der Waals surface area contributed by atoms with Crippen LogP contribution in [0.3, 0.4) is 0 Å². The molecule has 0 radical (unpaired) electrons. The predicted octanol–water partition coefficient (Wildman–Crippen LogP) is 2.44. The van der Waals surface area contributed by atoms with Gasteiger partial charge in [-0.05, 0) is 12.1 Å². The van der Waals surface area contributed by atoms with Crippen molar-refractivity contribution in [2.75, 3.05) is 0 Å². The lowest BCUT2D eigenvalue weighted by molar-refractivity contribution is -0.131. The van der Waals surface area contributed by atoms with Gasteiger partial charge in [0.15, 0.2) is 5.78 Å². The van der Waals surface area contributed by atoms with Crippen molar-refractivity contribution in [2.24, 2.45) is 0 Å². The van der Waals surface area contributed by atoms with E-state index in [2.05, 4.69) is 12.6 Å². The minimum absolute atomic E-state index is 0.0992. The number of esters is 1. The van der Waals surface area contributed by atoms with Gasteiger partial charge in [-0.3, -0.25) is 9.59 Å². The Morgan fingerprint density at radius 3 is 2.69 bits per heavy atom. The summed E-state index contributed by atoms with van der Waals surface area (Å²) in [6, 6.07) is 6.40. The van der Waals surface area contributed by atoms with Gasteiger partial charge in [0.1, 0.15) is 5.75 Å². The van der Waals surface area contributed by atoms with Crippen LogP contribution in [0, 0.1) is 0 Å². The maximum atomic E-state index is 11.6. The van der Waals surface area contributed by atoms with Gasteiger partial charge in [0.2, 0.25) is 0 Å². The Kier molecular flexibility index (Phi) is 4.64. The molecule has 0 amide bonds. The molecule has 0 unspecified atom stereocenters. The summed E-state index contributed by atoms with van der Waals surface area (Å²) >= 11 is 8.63. The first-order valence-corrected chi connectivity index (χ1v) is 5.38. The highest BCUT2D eigenvalue weighted by atomic mass is 32.1. The molecule has 0 aliphatic carbocycles. The summed E-state index contributed by atoms with van der Waals surface area (Å²) in [4.78, 5) is 22.3. The Labute approximate surface area is 104 Å². The molecule has 0 saturated heterocycles. The zero-order chi connectivity index (χ0) is 12.1. The molecule has 1 aromatic rings. The molecule has 0 heterocycles. The molecular weight excluding hydrogens is 244 g/mol. The molecule has 1 aromatic carbocycles. The van der Waals surface area contributed by atoms with Crippen LogP contribution in [0.4, 0.5) is 0 Å². The fourth-order valence-corrected chi connectivity index (χ4v) is 1.41. The van der Waals surface area contributed by atoms with E-state index in [0.717, 1.165) is 0 Å². The first-order chi connectivity index (χ1) is 7.49. The van der Waals surface area contributed by atoms with E-state index in [0.29, 0.717) is 15.5 Å². The predicted molar refractivity (Wildman–Crippen MR) is 68.3 cm³/mol. The topological polar surface area (TPSA) is 43.4 Å². The molecule has 0 aliphatic heterocycles. The van der Waals surface area contributed by atoms with Gasteiger partial charge in [0.05, 0.1) is 10.6 Å². The van der Waals surface area contributed by atoms with E-state index in [1.165, 1.54) is 13.0 Å². The molecule has 0 atom stereocenters. The van der Waals surface area contributed by atoms with Crippen LogP contribution >= 0.6 is 24.8 Å². The smallest absolute Gasteiger partial charge is 0.308 e. The molecule has 3 nitrogen and oxygen atoms in total. The van der Waals surface area contributed by atoms with Crippen molar-refractivity contribution in [2.45, 2.75) is 13.3 Å². The van der Waals surface area contributed by atoms with E-state index in [1.54, 1.807) is 18.2 Å². The molecule has 0 saturated carbocycles. The second kappa shape index (κ2) is 5.77. The Balaban J connectivity index is 2.85. The Morgan fingerprint density at radius 1 is 1.44 bits per heavy atom. The van der Waals surface area contributed by atoms with Crippen LogP contribution in [0.5, 0.6) is 5.75 Å². The number of benzene rings is 1. The van der Waals surface area contributed by atoms with Gasteiger partial charge in [-0.1, -0.05) is 24.4 Å². The third kappa shape index (κ3) is 4.12. The van der Waals surface area contributed by atoms with Gasteiger partial charge in [0.25, 0.3) is 0 Å². The SMILES string of the molecule is CC(=O)Oc1cccc(C(=O)CC(=S)S)c1. The van der Waals surface area contributed by atoms with Gasteiger partial charge >= 0.3 is 5.97 Å². The fraction of sp³-hybridized carbons (Fsp3) is 0.182. The zero-order valence-corrected chi connectivity index (χ0v) is 10.3. The number of thiocarbonyl (C=S) groups is 1. The number of thiol groups is 1. The summed E-state index contributed by atoms with van der Waals surface area (Å²) in [5.74, 6) is -0.216. The summed E-state index contributed by atoms with van der Waals surface area (Å²) in [5, 5.41) is 0. The van der Waals surface area contributed by atoms with Gasteiger partial charge in [-0.15, -0.1) is 12.6 Å². The third-order valence-corrected chi connectivity index (χ3v) is 2.03. The highest BCUT2D eigenvalue weighted by Crippen LogP contribution is 2.15. The minimum Gasteiger partial charge on any atom is -0.427 e. The van der Waals surface area contributed by atoms with Crippen molar-refractivity contribution in [3.8, 4) is 5.75 Å². The molecule has 0 spiro atoms. The minimum atomic E-state index is -0.422. The monoisotopic (exact) mass is 254 g/mol. The number of ketones is 1.